The Bertz CT molecular complexity index is 944. The van der Waals surface area contributed by atoms with Gasteiger partial charge in [-0.2, -0.15) is 5.26 Å². The van der Waals surface area contributed by atoms with Crippen molar-refractivity contribution in [2.24, 2.45) is 0 Å². The molecule has 0 saturated carbocycles. The van der Waals surface area contributed by atoms with Gasteiger partial charge in [-0.1, -0.05) is 24.3 Å². The fourth-order valence-electron chi connectivity index (χ4n) is 1.96. The number of nitriles is 1. The summed E-state index contributed by atoms with van der Waals surface area (Å²) < 4.78 is 46.4. The Hall–Kier alpha value is -1.62. The molecule has 2 aromatic carbocycles. The number of fused-ring (bicyclic) bond motifs is 1. The number of hydrogen-bond donors (Lipinski definition) is 0. The SMILES string of the molecule is N#Cc1ccc(S(=O)(=O)CCS(=O)(=O)Cl)c2ccccc12. The molecule has 2 aromatic rings. The minimum atomic E-state index is -3.89. The van der Waals surface area contributed by atoms with Crippen molar-refractivity contribution in [3.8, 4) is 6.07 Å². The van der Waals surface area contributed by atoms with Gasteiger partial charge < -0.3 is 0 Å². The van der Waals surface area contributed by atoms with E-state index in [0.29, 0.717) is 16.3 Å². The Balaban J connectivity index is 2.60. The molecule has 110 valence electrons. The van der Waals surface area contributed by atoms with Crippen LogP contribution in [0.1, 0.15) is 5.56 Å². The molecule has 0 heterocycles. The van der Waals surface area contributed by atoms with Gasteiger partial charge in [0, 0.05) is 21.5 Å². The molecule has 2 rings (SSSR count). The van der Waals surface area contributed by atoms with Gasteiger partial charge in [0.1, 0.15) is 0 Å². The number of benzene rings is 2. The minimum absolute atomic E-state index is 0.00239. The van der Waals surface area contributed by atoms with E-state index < -0.39 is 30.4 Å². The van der Waals surface area contributed by atoms with Crippen LogP contribution in [0.5, 0.6) is 0 Å². The van der Waals surface area contributed by atoms with E-state index in [1.165, 1.54) is 12.1 Å². The largest absolute Gasteiger partial charge is 0.233 e. The summed E-state index contributed by atoms with van der Waals surface area (Å²) in [6.07, 6.45) is 0. The lowest BCUT2D eigenvalue weighted by Crippen LogP contribution is -2.14. The number of rotatable bonds is 4. The van der Waals surface area contributed by atoms with Crippen LogP contribution in [0, 0.1) is 11.3 Å². The summed E-state index contributed by atoms with van der Waals surface area (Å²) in [5.41, 5.74) is 0.356. The molecule has 0 spiro atoms. The van der Waals surface area contributed by atoms with Crippen LogP contribution in [-0.4, -0.2) is 28.3 Å². The fraction of sp³-hybridized carbons (Fsp3) is 0.154. The van der Waals surface area contributed by atoms with Gasteiger partial charge in [0.2, 0.25) is 9.05 Å². The van der Waals surface area contributed by atoms with Crippen LogP contribution >= 0.6 is 10.7 Å². The highest BCUT2D eigenvalue weighted by atomic mass is 35.7. The lowest BCUT2D eigenvalue weighted by Gasteiger charge is -2.08. The standard InChI is InChI=1S/C13H10ClNO4S2/c14-21(18,19)8-7-20(16,17)13-6-5-10(9-15)11-3-1-2-4-12(11)13/h1-6H,7-8H2. The van der Waals surface area contributed by atoms with Crippen LogP contribution in [0.2, 0.25) is 0 Å². The average Bonchev–Trinajstić information content (AvgIpc) is 2.43. The van der Waals surface area contributed by atoms with Crippen LogP contribution in [0.25, 0.3) is 10.8 Å². The summed E-state index contributed by atoms with van der Waals surface area (Å²) in [7, 11) is -2.65. The van der Waals surface area contributed by atoms with Crippen molar-refractivity contribution in [2.75, 3.05) is 11.5 Å². The van der Waals surface area contributed by atoms with Crippen molar-refractivity contribution in [3.63, 3.8) is 0 Å². The second-order valence-electron chi connectivity index (χ2n) is 4.33. The maximum Gasteiger partial charge on any atom is 0.233 e. The zero-order chi connectivity index (χ0) is 15.7. The van der Waals surface area contributed by atoms with Gasteiger partial charge in [-0.25, -0.2) is 16.8 Å². The molecule has 21 heavy (non-hydrogen) atoms. The van der Waals surface area contributed by atoms with Crippen molar-refractivity contribution < 1.29 is 16.8 Å². The minimum Gasteiger partial charge on any atom is -0.224 e. The number of sulfone groups is 1. The average molecular weight is 344 g/mol. The highest BCUT2D eigenvalue weighted by Gasteiger charge is 2.21. The van der Waals surface area contributed by atoms with E-state index in [4.69, 9.17) is 15.9 Å². The van der Waals surface area contributed by atoms with Gasteiger partial charge in [0.15, 0.2) is 9.84 Å². The molecule has 0 atom stereocenters. The lowest BCUT2D eigenvalue weighted by molar-refractivity contribution is 0.593. The lowest BCUT2D eigenvalue weighted by atomic mass is 10.1. The van der Waals surface area contributed by atoms with E-state index in [-0.39, 0.29) is 4.90 Å². The maximum atomic E-state index is 12.3. The van der Waals surface area contributed by atoms with E-state index in [0.717, 1.165) is 0 Å². The third-order valence-electron chi connectivity index (χ3n) is 2.94. The normalized spacial score (nSPS) is 12.2. The van der Waals surface area contributed by atoms with E-state index >= 15 is 0 Å². The first kappa shape index (κ1) is 15.8. The Labute approximate surface area is 127 Å². The Morgan fingerprint density at radius 1 is 0.952 bits per heavy atom. The topological polar surface area (TPSA) is 92.1 Å². The second-order valence-corrected chi connectivity index (χ2v) is 9.30. The summed E-state index contributed by atoms with van der Waals surface area (Å²) in [5, 5.41) is 9.94. The third-order valence-corrected chi connectivity index (χ3v) is 6.12. The van der Waals surface area contributed by atoms with Crippen LogP contribution in [0.15, 0.2) is 41.3 Å². The molecule has 0 fully saturated rings. The number of nitrogens with zero attached hydrogens (tertiary/aromatic N) is 1. The smallest absolute Gasteiger partial charge is 0.224 e. The van der Waals surface area contributed by atoms with Crippen molar-refractivity contribution in [1.82, 2.24) is 0 Å². The zero-order valence-corrected chi connectivity index (χ0v) is 13.0. The number of hydrogen-bond acceptors (Lipinski definition) is 5. The summed E-state index contributed by atoms with van der Waals surface area (Å²) in [6.45, 7) is 0. The van der Waals surface area contributed by atoms with Crippen LogP contribution in [0.4, 0.5) is 0 Å². The maximum absolute atomic E-state index is 12.3. The molecule has 0 bridgehead atoms. The molecular weight excluding hydrogens is 334 g/mol. The first-order valence-corrected chi connectivity index (χ1v) is 9.94. The quantitative estimate of drug-likeness (QED) is 0.792. The van der Waals surface area contributed by atoms with E-state index in [9.17, 15) is 16.8 Å². The Kier molecular flexibility index (Phi) is 4.23. The van der Waals surface area contributed by atoms with Crippen molar-refractivity contribution in [1.29, 1.82) is 5.26 Å². The number of halogens is 1. The highest BCUT2D eigenvalue weighted by Crippen LogP contribution is 2.26. The molecule has 0 aliphatic rings. The molecule has 0 aromatic heterocycles. The van der Waals surface area contributed by atoms with Gasteiger partial charge >= 0.3 is 0 Å². The van der Waals surface area contributed by atoms with Crippen LogP contribution in [0.3, 0.4) is 0 Å². The first-order valence-electron chi connectivity index (χ1n) is 5.81. The molecule has 0 aliphatic heterocycles. The molecule has 0 radical (unpaired) electrons. The Morgan fingerprint density at radius 2 is 1.57 bits per heavy atom. The summed E-state index contributed by atoms with van der Waals surface area (Å²) in [6, 6.07) is 11.3. The van der Waals surface area contributed by atoms with E-state index in [2.05, 4.69) is 0 Å². The van der Waals surface area contributed by atoms with E-state index in [1.807, 2.05) is 6.07 Å². The van der Waals surface area contributed by atoms with Crippen LogP contribution < -0.4 is 0 Å². The van der Waals surface area contributed by atoms with Gasteiger partial charge in [-0.15, -0.1) is 0 Å². The predicted molar refractivity (Wildman–Crippen MR) is 80.4 cm³/mol. The highest BCUT2D eigenvalue weighted by molar-refractivity contribution is 8.14. The molecular formula is C13H10ClNO4S2. The van der Waals surface area contributed by atoms with Gasteiger partial charge in [-0.3, -0.25) is 0 Å². The molecule has 8 heteroatoms. The van der Waals surface area contributed by atoms with Gasteiger partial charge in [0.25, 0.3) is 0 Å². The molecule has 0 amide bonds. The molecule has 0 N–H and O–H groups in total. The third kappa shape index (κ3) is 3.53. The van der Waals surface area contributed by atoms with Gasteiger partial charge in [-0.05, 0) is 12.1 Å². The predicted octanol–water partition coefficient (Wildman–Crippen LogP) is 2.05. The molecule has 5 nitrogen and oxygen atoms in total. The van der Waals surface area contributed by atoms with Crippen molar-refractivity contribution in [2.45, 2.75) is 4.90 Å². The zero-order valence-electron chi connectivity index (χ0n) is 10.7. The summed E-state index contributed by atoms with van der Waals surface area (Å²) >= 11 is 0. The van der Waals surface area contributed by atoms with Crippen LogP contribution in [-0.2, 0) is 18.9 Å². The van der Waals surface area contributed by atoms with Crippen molar-refractivity contribution >= 4 is 40.3 Å². The Morgan fingerprint density at radius 3 is 2.14 bits per heavy atom. The summed E-state index contributed by atoms with van der Waals surface area (Å²) in [5.74, 6) is -1.26. The second kappa shape index (κ2) is 5.64. The summed E-state index contributed by atoms with van der Waals surface area (Å²) in [4.78, 5) is -0.00239. The van der Waals surface area contributed by atoms with Crippen molar-refractivity contribution in [3.05, 3.63) is 42.0 Å². The molecule has 0 saturated heterocycles. The molecule has 0 unspecified atom stereocenters. The molecule has 0 aliphatic carbocycles. The van der Waals surface area contributed by atoms with E-state index in [1.54, 1.807) is 24.3 Å². The first-order chi connectivity index (χ1) is 9.74. The fourth-order valence-corrected chi connectivity index (χ4v) is 5.21. The van der Waals surface area contributed by atoms with Gasteiger partial charge in [0.05, 0.1) is 28.0 Å². The monoisotopic (exact) mass is 343 g/mol.